The molecular formula is C20H20ClF4N5O2. The van der Waals surface area contributed by atoms with Gasteiger partial charge in [0.05, 0.1) is 22.5 Å². The molecule has 1 aromatic carbocycles. The van der Waals surface area contributed by atoms with E-state index in [-0.39, 0.29) is 34.2 Å². The number of alkyl halides is 3. The molecule has 3 rings (SSSR count). The summed E-state index contributed by atoms with van der Waals surface area (Å²) in [7, 11) is 0. The van der Waals surface area contributed by atoms with Gasteiger partial charge in [-0.05, 0) is 18.2 Å². The first-order valence-corrected chi connectivity index (χ1v) is 9.78. The first-order valence-electron chi connectivity index (χ1n) is 9.40. The number of hydrogen-bond acceptors (Lipinski definition) is 5. The van der Waals surface area contributed by atoms with Gasteiger partial charge in [0, 0.05) is 17.5 Å². The summed E-state index contributed by atoms with van der Waals surface area (Å²) in [4.78, 5) is 18.0. The summed E-state index contributed by atoms with van der Waals surface area (Å²) in [5, 5.41) is 16.9. The molecule has 0 fully saturated rings. The molecular weight excluding hydrogens is 454 g/mol. The third kappa shape index (κ3) is 5.00. The van der Waals surface area contributed by atoms with E-state index < -0.39 is 35.0 Å². The van der Waals surface area contributed by atoms with Gasteiger partial charge >= 0.3 is 11.9 Å². The van der Waals surface area contributed by atoms with Gasteiger partial charge in [0.15, 0.2) is 5.82 Å². The maximum Gasteiger partial charge on any atom is 0.433 e. The fraction of sp³-hybridized carbons (Fsp3) is 0.350. The van der Waals surface area contributed by atoms with E-state index in [9.17, 15) is 23.1 Å². The van der Waals surface area contributed by atoms with E-state index in [1.165, 1.54) is 12.1 Å². The van der Waals surface area contributed by atoms with Crippen molar-refractivity contribution < 1.29 is 22.7 Å². The van der Waals surface area contributed by atoms with Crippen LogP contribution in [0.4, 0.5) is 17.6 Å². The molecule has 7 nitrogen and oxygen atoms in total. The number of H-pyrrole nitrogens is 1. The molecule has 172 valence electrons. The standard InChI is InChI=1S/C20H20ClF4N5O2/c1-19(2,3)17(31)27-8-10-4-6-12(21)14(15(10)22)16-28-18(32)30(29-16)11-5-7-13(26-9-11)20(23,24)25/h4-7,9,17,27,31H,8H2,1-3H3,(H,28,29,32). The highest BCUT2D eigenvalue weighted by Crippen LogP contribution is 2.31. The molecule has 0 aliphatic rings. The van der Waals surface area contributed by atoms with Crippen LogP contribution >= 0.6 is 11.6 Å². The number of nitrogens with one attached hydrogen (secondary N) is 2. The lowest BCUT2D eigenvalue weighted by Gasteiger charge is -2.26. The Labute approximate surface area is 185 Å². The van der Waals surface area contributed by atoms with Crippen molar-refractivity contribution in [3.8, 4) is 17.1 Å². The van der Waals surface area contributed by atoms with Crippen LogP contribution in [0.2, 0.25) is 5.02 Å². The highest BCUT2D eigenvalue weighted by atomic mass is 35.5. The van der Waals surface area contributed by atoms with Crippen molar-refractivity contribution >= 4 is 11.6 Å². The molecule has 3 aromatic rings. The van der Waals surface area contributed by atoms with Crippen LogP contribution in [0.3, 0.4) is 0 Å². The van der Waals surface area contributed by atoms with Crippen LogP contribution in [0.5, 0.6) is 0 Å². The Hall–Kier alpha value is -2.76. The Morgan fingerprint density at radius 3 is 2.47 bits per heavy atom. The molecule has 0 saturated carbocycles. The zero-order valence-corrected chi connectivity index (χ0v) is 18.0. The van der Waals surface area contributed by atoms with E-state index in [0.717, 1.165) is 16.9 Å². The minimum Gasteiger partial charge on any atom is -0.378 e. The fourth-order valence-electron chi connectivity index (χ4n) is 2.75. The summed E-state index contributed by atoms with van der Waals surface area (Å²) in [5.74, 6) is -0.979. The molecule has 0 amide bonds. The number of halogens is 5. The Kier molecular flexibility index (Phi) is 6.45. The van der Waals surface area contributed by atoms with Gasteiger partial charge in [-0.3, -0.25) is 10.3 Å². The second kappa shape index (κ2) is 8.64. The highest BCUT2D eigenvalue weighted by molar-refractivity contribution is 6.33. The van der Waals surface area contributed by atoms with Crippen LogP contribution in [0.1, 0.15) is 32.0 Å². The third-order valence-electron chi connectivity index (χ3n) is 4.61. The number of nitrogens with zero attached hydrogens (tertiary/aromatic N) is 3. The van der Waals surface area contributed by atoms with Gasteiger partial charge in [-0.25, -0.2) is 14.2 Å². The largest absolute Gasteiger partial charge is 0.433 e. The van der Waals surface area contributed by atoms with Crippen LogP contribution in [0.25, 0.3) is 17.1 Å². The summed E-state index contributed by atoms with van der Waals surface area (Å²) < 4.78 is 54.0. The molecule has 12 heteroatoms. The molecule has 0 aliphatic heterocycles. The van der Waals surface area contributed by atoms with Crippen molar-refractivity contribution in [2.45, 2.75) is 39.7 Å². The summed E-state index contributed by atoms with van der Waals surface area (Å²) in [6.45, 7) is 5.40. The average Bonchev–Trinajstić information content (AvgIpc) is 3.07. The maximum atomic E-state index is 15.2. The molecule has 1 atom stereocenters. The van der Waals surface area contributed by atoms with Crippen LogP contribution in [-0.2, 0) is 12.7 Å². The molecule has 32 heavy (non-hydrogen) atoms. The van der Waals surface area contributed by atoms with Gasteiger partial charge in [-0.1, -0.05) is 38.4 Å². The van der Waals surface area contributed by atoms with Gasteiger partial charge < -0.3 is 5.11 Å². The quantitative estimate of drug-likeness (QED) is 0.386. The Morgan fingerprint density at radius 2 is 1.91 bits per heavy atom. The van der Waals surface area contributed by atoms with E-state index in [1.54, 1.807) is 0 Å². The zero-order chi connectivity index (χ0) is 23.8. The summed E-state index contributed by atoms with van der Waals surface area (Å²) in [5.41, 5.74) is -2.49. The summed E-state index contributed by atoms with van der Waals surface area (Å²) in [6.07, 6.45) is -4.71. The maximum absolute atomic E-state index is 15.2. The highest BCUT2D eigenvalue weighted by Gasteiger charge is 2.32. The van der Waals surface area contributed by atoms with E-state index in [0.29, 0.717) is 6.07 Å². The number of aromatic nitrogens is 4. The van der Waals surface area contributed by atoms with Gasteiger partial charge in [0.2, 0.25) is 0 Å². The first-order chi connectivity index (χ1) is 14.8. The number of rotatable bonds is 5. The SMILES string of the molecule is CC(C)(C)C(O)NCc1ccc(Cl)c(-c2nn(-c3ccc(C(F)(F)F)nc3)c(=O)[nH]2)c1F. The predicted octanol–water partition coefficient (Wildman–Crippen LogP) is 3.89. The molecule has 1 unspecified atom stereocenters. The summed E-state index contributed by atoms with van der Waals surface area (Å²) in [6, 6.07) is 4.57. The van der Waals surface area contributed by atoms with E-state index in [1.807, 2.05) is 20.8 Å². The molecule has 2 aromatic heterocycles. The van der Waals surface area contributed by atoms with Crippen molar-refractivity contribution in [3.05, 3.63) is 63.0 Å². The molecule has 0 radical (unpaired) electrons. The Morgan fingerprint density at radius 1 is 1.22 bits per heavy atom. The molecule has 0 aliphatic carbocycles. The van der Waals surface area contributed by atoms with E-state index in [4.69, 9.17) is 11.6 Å². The molecule has 0 saturated heterocycles. The van der Waals surface area contributed by atoms with Crippen molar-refractivity contribution in [2.24, 2.45) is 5.41 Å². The number of aliphatic hydroxyl groups is 1. The topological polar surface area (TPSA) is 95.8 Å². The third-order valence-corrected chi connectivity index (χ3v) is 4.93. The van der Waals surface area contributed by atoms with E-state index in [2.05, 4.69) is 20.4 Å². The van der Waals surface area contributed by atoms with E-state index >= 15 is 4.39 Å². The molecule has 0 spiro atoms. The minimum absolute atomic E-state index is 0.0256. The second-order valence-corrected chi connectivity index (χ2v) is 8.54. The predicted molar refractivity (Wildman–Crippen MR) is 110 cm³/mol. The smallest absolute Gasteiger partial charge is 0.378 e. The first kappa shape index (κ1) is 23.9. The Bertz CT molecular complexity index is 1170. The Balaban J connectivity index is 1.95. The normalized spacial score (nSPS) is 13.4. The van der Waals surface area contributed by atoms with Crippen LogP contribution in [0, 0.1) is 11.2 Å². The molecule has 3 N–H and O–H groups in total. The average molecular weight is 474 g/mol. The van der Waals surface area contributed by atoms with Crippen molar-refractivity contribution in [3.63, 3.8) is 0 Å². The van der Waals surface area contributed by atoms with Crippen LogP contribution in [0.15, 0.2) is 35.3 Å². The lowest BCUT2D eigenvalue weighted by Crippen LogP contribution is -2.39. The lowest BCUT2D eigenvalue weighted by atomic mass is 9.94. The number of benzene rings is 1. The summed E-state index contributed by atoms with van der Waals surface area (Å²) >= 11 is 6.13. The van der Waals surface area contributed by atoms with Crippen molar-refractivity contribution in [1.29, 1.82) is 0 Å². The van der Waals surface area contributed by atoms with Crippen LogP contribution < -0.4 is 11.0 Å². The molecule has 2 heterocycles. The number of aromatic amines is 1. The molecule has 0 bridgehead atoms. The lowest BCUT2D eigenvalue weighted by molar-refractivity contribution is -0.141. The minimum atomic E-state index is -4.63. The second-order valence-electron chi connectivity index (χ2n) is 8.13. The van der Waals surface area contributed by atoms with Gasteiger partial charge in [0.1, 0.15) is 17.7 Å². The van der Waals surface area contributed by atoms with Gasteiger partial charge in [-0.15, -0.1) is 5.10 Å². The van der Waals surface area contributed by atoms with Crippen molar-refractivity contribution in [2.75, 3.05) is 0 Å². The van der Waals surface area contributed by atoms with Gasteiger partial charge in [0.25, 0.3) is 0 Å². The number of hydrogen-bond donors (Lipinski definition) is 3. The van der Waals surface area contributed by atoms with Crippen LogP contribution in [-0.4, -0.2) is 31.1 Å². The monoisotopic (exact) mass is 473 g/mol. The number of pyridine rings is 1. The van der Waals surface area contributed by atoms with Gasteiger partial charge in [-0.2, -0.15) is 17.9 Å². The van der Waals surface area contributed by atoms with Crippen molar-refractivity contribution in [1.82, 2.24) is 25.1 Å². The number of aliphatic hydroxyl groups excluding tert-OH is 1. The fourth-order valence-corrected chi connectivity index (χ4v) is 2.99. The zero-order valence-electron chi connectivity index (χ0n) is 17.3.